The second kappa shape index (κ2) is 7.35. The number of piperidine rings is 1. The maximum Gasteiger partial charge on any atom is 0.222 e. The number of benzene rings is 1. The predicted molar refractivity (Wildman–Crippen MR) is 94.3 cm³/mol. The minimum Gasteiger partial charge on any atom is -0.382 e. The van der Waals surface area contributed by atoms with Gasteiger partial charge in [-0.3, -0.25) is 4.79 Å². The van der Waals surface area contributed by atoms with Gasteiger partial charge in [-0.05, 0) is 56.2 Å². The highest BCUT2D eigenvalue weighted by atomic mass is 16.2. The molecule has 0 bridgehead atoms. The number of hydrogen-bond acceptors (Lipinski definition) is 3. The molecule has 2 aliphatic rings. The lowest BCUT2D eigenvalue weighted by molar-refractivity contribution is -0.133. The number of carbonyl (C=O) groups is 1. The van der Waals surface area contributed by atoms with Crippen LogP contribution in [0.3, 0.4) is 0 Å². The van der Waals surface area contributed by atoms with Crippen LogP contribution in [0.25, 0.3) is 0 Å². The Bertz CT molecular complexity index is 537. The number of hydrogen-bond donors (Lipinski definition) is 2. The Hall–Kier alpha value is -1.55. The number of likely N-dealkylation sites (tertiary alicyclic amines) is 1. The summed E-state index contributed by atoms with van der Waals surface area (Å²) in [6.45, 7) is 3.84. The highest BCUT2D eigenvalue weighted by Gasteiger charge is 2.29. The smallest absolute Gasteiger partial charge is 0.222 e. The number of carbonyl (C=O) groups excluding carboxylic acids is 1. The maximum atomic E-state index is 12.5. The Morgan fingerprint density at radius 1 is 1.26 bits per heavy atom. The first kappa shape index (κ1) is 16.3. The van der Waals surface area contributed by atoms with E-state index >= 15 is 0 Å². The summed E-state index contributed by atoms with van der Waals surface area (Å²) in [5, 5.41) is 3.60. The summed E-state index contributed by atoms with van der Waals surface area (Å²) in [5.41, 5.74) is 8.56. The topological polar surface area (TPSA) is 58.4 Å². The van der Waals surface area contributed by atoms with E-state index in [1.165, 1.54) is 17.7 Å². The van der Waals surface area contributed by atoms with Crippen LogP contribution in [-0.4, -0.2) is 36.0 Å². The molecule has 1 aliphatic carbocycles. The molecule has 0 aromatic heterocycles. The van der Waals surface area contributed by atoms with Gasteiger partial charge in [0.1, 0.15) is 0 Å². The fourth-order valence-electron chi connectivity index (χ4n) is 3.92. The molecule has 2 atom stereocenters. The van der Waals surface area contributed by atoms with Crippen LogP contribution < -0.4 is 11.1 Å². The van der Waals surface area contributed by atoms with Gasteiger partial charge in [0, 0.05) is 37.3 Å². The summed E-state index contributed by atoms with van der Waals surface area (Å²) in [6, 6.07) is 9.20. The van der Waals surface area contributed by atoms with Gasteiger partial charge >= 0.3 is 0 Å². The van der Waals surface area contributed by atoms with Gasteiger partial charge in [0.25, 0.3) is 0 Å². The molecule has 4 nitrogen and oxygen atoms in total. The van der Waals surface area contributed by atoms with Gasteiger partial charge in [-0.2, -0.15) is 0 Å². The van der Waals surface area contributed by atoms with Gasteiger partial charge in [0.2, 0.25) is 5.91 Å². The van der Waals surface area contributed by atoms with Crippen molar-refractivity contribution in [1.82, 2.24) is 4.90 Å². The summed E-state index contributed by atoms with van der Waals surface area (Å²) >= 11 is 0. The van der Waals surface area contributed by atoms with Crippen LogP contribution in [0.4, 0.5) is 5.69 Å². The molecular formula is C19H29N3O. The Morgan fingerprint density at radius 2 is 2.04 bits per heavy atom. The number of rotatable bonds is 4. The van der Waals surface area contributed by atoms with Crippen molar-refractivity contribution < 1.29 is 4.79 Å². The second-order valence-electron chi connectivity index (χ2n) is 7.23. The van der Waals surface area contributed by atoms with Gasteiger partial charge in [-0.1, -0.05) is 18.6 Å². The molecule has 1 saturated carbocycles. The zero-order chi connectivity index (χ0) is 16.2. The second-order valence-corrected chi connectivity index (χ2v) is 7.23. The van der Waals surface area contributed by atoms with E-state index in [9.17, 15) is 4.79 Å². The van der Waals surface area contributed by atoms with E-state index in [4.69, 9.17) is 5.73 Å². The number of amides is 1. The first-order valence-corrected chi connectivity index (χ1v) is 8.98. The molecular weight excluding hydrogens is 286 g/mol. The van der Waals surface area contributed by atoms with E-state index in [0.29, 0.717) is 24.3 Å². The van der Waals surface area contributed by atoms with Crippen LogP contribution in [0.2, 0.25) is 0 Å². The normalized spacial score (nSPS) is 25.6. The van der Waals surface area contributed by atoms with Crippen LogP contribution in [0.15, 0.2) is 24.3 Å². The highest BCUT2D eigenvalue weighted by molar-refractivity contribution is 5.76. The summed E-state index contributed by atoms with van der Waals surface area (Å²) in [5.74, 6) is 0.715. The number of anilines is 1. The summed E-state index contributed by atoms with van der Waals surface area (Å²) in [6.07, 6.45) is 6.09. The van der Waals surface area contributed by atoms with Crippen LogP contribution >= 0.6 is 0 Å². The first-order chi connectivity index (χ1) is 11.1. The van der Waals surface area contributed by atoms with E-state index in [2.05, 4.69) is 36.5 Å². The molecule has 1 aromatic rings. The van der Waals surface area contributed by atoms with Crippen LogP contribution in [0.5, 0.6) is 0 Å². The number of nitrogens with zero attached hydrogens (tertiary/aromatic N) is 1. The van der Waals surface area contributed by atoms with Gasteiger partial charge in [-0.25, -0.2) is 0 Å². The van der Waals surface area contributed by atoms with Gasteiger partial charge in [0.05, 0.1) is 0 Å². The predicted octanol–water partition coefficient (Wildman–Crippen LogP) is 2.92. The lowest BCUT2D eigenvalue weighted by atomic mass is 9.98. The highest BCUT2D eigenvalue weighted by Crippen LogP contribution is 2.28. The van der Waals surface area contributed by atoms with Gasteiger partial charge in [-0.15, -0.1) is 0 Å². The van der Waals surface area contributed by atoms with E-state index in [1.807, 2.05) is 4.90 Å². The minimum atomic E-state index is 0.236. The van der Waals surface area contributed by atoms with E-state index in [-0.39, 0.29) is 6.04 Å². The Labute approximate surface area is 139 Å². The number of nitrogens with two attached hydrogens (primary N) is 1. The van der Waals surface area contributed by atoms with Crippen molar-refractivity contribution in [2.45, 2.75) is 57.5 Å². The third-order valence-corrected chi connectivity index (χ3v) is 5.39. The molecule has 126 valence electrons. The fourth-order valence-corrected chi connectivity index (χ4v) is 3.92. The molecule has 1 saturated heterocycles. The molecule has 23 heavy (non-hydrogen) atoms. The summed E-state index contributed by atoms with van der Waals surface area (Å²) in [4.78, 5) is 14.5. The molecule has 0 spiro atoms. The van der Waals surface area contributed by atoms with E-state index in [1.54, 1.807) is 0 Å². The van der Waals surface area contributed by atoms with Gasteiger partial charge in [0.15, 0.2) is 0 Å². The summed E-state index contributed by atoms with van der Waals surface area (Å²) in [7, 11) is 0. The Morgan fingerprint density at radius 3 is 2.70 bits per heavy atom. The zero-order valence-corrected chi connectivity index (χ0v) is 14.1. The lowest BCUT2D eigenvalue weighted by Crippen LogP contribution is -2.43. The molecule has 3 N–H and O–H groups in total. The molecule has 0 unspecified atom stereocenters. The van der Waals surface area contributed by atoms with Crippen molar-refractivity contribution in [3.05, 3.63) is 29.8 Å². The quantitative estimate of drug-likeness (QED) is 0.898. The van der Waals surface area contributed by atoms with Crippen LogP contribution in [0, 0.1) is 12.8 Å². The Kier molecular flexibility index (Phi) is 5.21. The lowest BCUT2D eigenvalue weighted by Gasteiger charge is -2.33. The third-order valence-electron chi connectivity index (χ3n) is 5.39. The first-order valence-electron chi connectivity index (χ1n) is 8.98. The molecule has 1 aliphatic heterocycles. The Balaban J connectivity index is 1.45. The van der Waals surface area contributed by atoms with Crippen molar-refractivity contribution in [3.8, 4) is 0 Å². The minimum absolute atomic E-state index is 0.236. The standard InChI is InChI=1S/C19H29N3O/c1-14-4-2-6-17(12-14)21-16-8-10-22(11-9-16)19(23)13-15-5-3-7-18(15)20/h2,4,6,12,15-16,18,21H,3,5,7-11,13,20H2,1H3/t15-,18+/m0/s1. The molecule has 0 radical (unpaired) electrons. The molecule has 3 rings (SSSR count). The van der Waals surface area contributed by atoms with Crippen molar-refractivity contribution >= 4 is 11.6 Å². The monoisotopic (exact) mass is 315 g/mol. The number of nitrogens with one attached hydrogen (secondary N) is 1. The fraction of sp³-hybridized carbons (Fsp3) is 0.632. The average molecular weight is 315 g/mol. The number of aryl methyl sites for hydroxylation is 1. The molecule has 1 heterocycles. The van der Waals surface area contributed by atoms with Crippen molar-refractivity contribution in [3.63, 3.8) is 0 Å². The largest absolute Gasteiger partial charge is 0.382 e. The van der Waals surface area contributed by atoms with Crippen LogP contribution in [-0.2, 0) is 4.79 Å². The molecule has 1 amide bonds. The average Bonchev–Trinajstić information content (AvgIpc) is 2.93. The third kappa shape index (κ3) is 4.25. The van der Waals surface area contributed by atoms with Crippen LogP contribution in [0.1, 0.15) is 44.1 Å². The molecule has 2 fully saturated rings. The summed E-state index contributed by atoms with van der Waals surface area (Å²) < 4.78 is 0. The zero-order valence-electron chi connectivity index (χ0n) is 14.1. The van der Waals surface area contributed by atoms with Gasteiger partial charge < -0.3 is 16.0 Å². The van der Waals surface area contributed by atoms with E-state index in [0.717, 1.165) is 38.8 Å². The van der Waals surface area contributed by atoms with E-state index < -0.39 is 0 Å². The maximum absolute atomic E-state index is 12.5. The van der Waals surface area contributed by atoms with Crippen molar-refractivity contribution in [2.75, 3.05) is 18.4 Å². The van der Waals surface area contributed by atoms with Crippen molar-refractivity contribution in [2.24, 2.45) is 11.7 Å². The molecule has 1 aromatic carbocycles. The SMILES string of the molecule is Cc1cccc(NC2CCN(C(=O)C[C@@H]3CCC[C@H]3N)CC2)c1. The van der Waals surface area contributed by atoms with Crippen molar-refractivity contribution in [1.29, 1.82) is 0 Å². The molecule has 4 heteroatoms.